The minimum absolute atomic E-state index is 0. The summed E-state index contributed by atoms with van der Waals surface area (Å²) in [6.07, 6.45) is 2.94. The summed E-state index contributed by atoms with van der Waals surface area (Å²) in [7, 11) is 0. The second-order valence-electron chi connectivity index (χ2n) is 1.86. The van der Waals surface area contributed by atoms with Gasteiger partial charge in [-0.3, -0.25) is 0 Å². The van der Waals surface area contributed by atoms with Crippen molar-refractivity contribution < 1.29 is 0 Å². The Bertz CT molecular complexity index is 356. The van der Waals surface area contributed by atoms with Crippen LogP contribution in [0, 0.1) is 0 Å². The van der Waals surface area contributed by atoms with Gasteiger partial charge in [0, 0.05) is 0 Å². The first-order chi connectivity index (χ1) is 4.88. The number of nitrogens with one attached hydrogen (secondary N) is 1. The maximum absolute atomic E-state index is 5.47. The summed E-state index contributed by atoms with van der Waals surface area (Å²) in [6, 6.07) is 0. The summed E-state index contributed by atoms with van der Waals surface area (Å²) >= 11 is 0. The molecule has 5 nitrogen and oxygen atoms in total. The first-order valence-electron chi connectivity index (χ1n) is 2.77. The van der Waals surface area contributed by atoms with E-state index < -0.39 is 0 Å². The van der Waals surface area contributed by atoms with E-state index in [0.717, 1.165) is 0 Å². The first kappa shape index (κ1) is 8.37. The molecule has 0 saturated heterocycles. The molecule has 0 aliphatic heterocycles. The molecule has 0 aliphatic carbocycles. The van der Waals surface area contributed by atoms with E-state index >= 15 is 0 Å². The summed E-state index contributed by atoms with van der Waals surface area (Å²) < 4.78 is 0. The van der Waals surface area contributed by atoms with Crippen molar-refractivity contribution in [3.63, 3.8) is 0 Å². The molecule has 11 heavy (non-hydrogen) atoms. The van der Waals surface area contributed by atoms with Gasteiger partial charge in [0.1, 0.15) is 11.8 Å². The van der Waals surface area contributed by atoms with Gasteiger partial charge < -0.3 is 10.7 Å². The average Bonchev–Trinajstić information content (AvgIpc) is 2.36. The Kier molecular flexibility index (Phi) is 2.37. The number of hydrogen-bond donors (Lipinski definition) is 2. The second-order valence-corrected chi connectivity index (χ2v) is 1.86. The fourth-order valence-electron chi connectivity index (χ4n) is 0.783. The molecule has 2 radical (unpaired) electrons. The van der Waals surface area contributed by atoms with Crippen molar-refractivity contribution in [2.75, 3.05) is 5.73 Å². The number of aromatic nitrogens is 4. The fourth-order valence-corrected chi connectivity index (χ4v) is 0.783. The molecule has 0 atom stereocenters. The van der Waals surface area contributed by atoms with Crippen LogP contribution in [0.4, 0.5) is 5.82 Å². The van der Waals surface area contributed by atoms with Gasteiger partial charge in [-0.15, -0.1) is 0 Å². The van der Waals surface area contributed by atoms with Crippen LogP contribution in [0.2, 0.25) is 0 Å². The van der Waals surface area contributed by atoms with E-state index in [9.17, 15) is 0 Å². The third kappa shape index (κ3) is 1.32. The van der Waals surface area contributed by atoms with Crippen LogP contribution >= 0.6 is 0 Å². The van der Waals surface area contributed by atoms with E-state index in [1.54, 1.807) is 0 Å². The molecule has 0 aromatic carbocycles. The van der Waals surface area contributed by atoms with Crippen molar-refractivity contribution in [1.29, 1.82) is 0 Å². The molecule has 3 N–H and O–H groups in total. The quantitative estimate of drug-likeness (QED) is 0.602. The summed E-state index contributed by atoms with van der Waals surface area (Å²) in [5.41, 5.74) is 6.77. The van der Waals surface area contributed by atoms with E-state index in [2.05, 4.69) is 19.9 Å². The zero-order chi connectivity index (χ0) is 6.97. The molecule has 2 aromatic heterocycles. The van der Waals surface area contributed by atoms with Crippen molar-refractivity contribution >= 4 is 44.3 Å². The predicted molar refractivity (Wildman–Crippen MR) is 44.6 cm³/mol. The van der Waals surface area contributed by atoms with Crippen molar-refractivity contribution in [3.8, 4) is 0 Å². The zero-order valence-electron chi connectivity index (χ0n) is 5.78. The predicted octanol–water partition coefficient (Wildman–Crippen LogP) is -0.981. The maximum atomic E-state index is 5.47. The SMILES string of the molecule is Nc1ncnc2[nH]cnc12.[PbH2]. The minimum atomic E-state index is 0. The van der Waals surface area contributed by atoms with Crippen LogP contribution in [-0.4, -0.2) is 47.2 Å². The number of rotatable bonds is 0. The Morgan fingerprint density at radius 3 is 2.82 bits per heavy atom. The molecule has 56 valence electrons. The van der Waals surface area contributed by atoms with E-state index in [4.69, 9.17) is 5.73 Å². The second kappa shape index (κ2) is 3.11. The molecule has 0 saturated carbocycles. The van der Waals surface area contributed by atoms with Crippen LogP contribution in [0.1, 0.15) is 0 Å². The van der Waals surface area contributed by atoms with Crippen molar-refractivity contribution in [1.82, 2.24) is 19.9 Å². The Morgan fingerprint density at radius 1 is 1.27 bits per heavy atom. The van der Waals surface area contributed by atoms with Crippen molar-refractivity contribution in [2.24, 2.45) is 0 Å². The van der Waals surface area contributed by atoms with Gasteiger partial charge in [-0.2, -0.15) is 0 Å². The molecule has 0 fully saturated rings. The number of nitrogens with two attached hydrogens (primary N) is 1. The molecule has 6 heteroatoms. The number of nitrogen functional groups attached to an aromatic ring is 1. The summed E-state index contributed by atoms with van der Waals surface area (Å²) in [5.74, 6) is 0.409. The third-order valence-corrected chi connectivity index (χ3v) is 1.25. The van der Waals surface area contributed by atoms with Crippen LogP contribution in [0.15, 0.2) is 12.7 Å². The Balaban J connectivity index is 0.000000605. The zero-order valence-corrected chi connectivity index (χ0v) is 11.3. The summed E-state index contributed by atoms with van der Waals surface area (Å²) in [6.45, 7) is 0. The number of aromatic amines is 1. The molecular weight excluding hydrogens is 337 g/mol. The Hall–Kier alpha value is -0.728. The molecule has 0 bridgehead atoms. The number of imidazole rings is 1. The molecular formula is C5H7N5Pb. The molecule has 0 aliphatic rings. The molecule has 2 rings (SSSR count). The van der Waals surface area contributed by atoms with E-state index in [-0.39, 0.29) is 27.3 Å². The fraction of sp³-hybridized carbons (Fsp3) is 0. The number of anilines is 1. The number of hydrogen-bond acceptors (Lipinski definition) is 4. The van der Waals surface area contributed by atoms with Crippen LogP contribution in [0.25, 0.3) is 11.2 Å². The number of nitrogens with zero attached hydrogens (tertiary/aromatic N) is 3. The monoisotopic (exact) mass is 345 g/mol. The first-order valence-corrected chi connectivity index (χ1v) is 2.77. The Labute approximate surface area is 82.6 Å². The molecule has 0 unspecified atom stereocenters. The van der Waals surface area contributed by atoms with Gasteiger partial charge in [0.15, 0.2) is 11.5 Å². The van der Waals surface area contributed by atoms with E-state index in [1.807, 2.05) is 0 Å². The topological polar surface area (TPSA) is 80.5 Å². The van der Waals surface area contributed by atoms with Gasteiger partial charge in [0.25, 0.3) is 0 Å². The standard InChI is InChI=1S/C5H5N5.Pb.2H/c6-4-3-5(9-1-7-3)10-2-8-4;;;/h1-2H,(H3,6,7,8,9,10);;;. The van der Waals surface area contributed by atoms with Crippen LogP contribution < -0.4 is 5.73 Å². The molecule has 2 heterocycles. The van der Waals surface area contributed by atoms with Gasteiger partial charge in [-0.25, -0.2) is 15.0 Å². The van der Waals surface area contributed by atoms with Gasteiger partial charge in [-0.1, -0.05) is 0 Å². The molecule has 0 amide bonds. The van der Waals surface area contributed by atoms with Gasteiger partial charge in [-0.05, 0) is 0 Å². The van der Waals surface area contributed by atoms with Gasteiger partial charge >= 0.3 is 27.3 Å². The van der Waals surface area contributed by atoms with Crippen LogP contribution in [0.5, 0.6) is 0 Å². The van der Waals surface area contributed by atoms with E-state index in [1.165, 1.54) is 12.7 Å². The number of H-pyrrole nitrogens is 1. The summed E-state index contributed by atoms with van der Waals surface area (Å²) in [4.78, 5) is 14.4. The van der Waals surface area contributed by atoms with Crippen LogP contribution in [-0.2, 0) is 0 Å². The van der Waals surface area contributed by atoms with E-state index in [0.29, 0.717) is 17.0 Å². The molecule has 2 aromatic rings. The van der Waals surface area contributed by atoms with Crippen LogP contribution in [0.3, 0.4) is 0 Å². The normalized spacial score (nSPS) is 9.45. The van der Waals surface area contributed by atoms with Crippen molar-refractivity contribution in [3.05, 3.63) is 12.7 Å². The van der Waals surface area contributed by atoms with Crippen molar-refractivity contribution in [2.45, 2.75) is 0 Å². The third-order valence-electron chi connectivity index (χ3n) is 1.25. The van der Waals surface area contributed by atoms with Gasteiger partial charge in [0.2, 0.25) is 0 Å². The molecule has 0 spiro atoms. The summed E-state index contributed by atoms with van der Waals surface area (Å²) in [5, 5.41) is 0. The average molecular weight is 344 g/mol. The van der Waals surface area contributed by atoms with Gasteiger partial charge in [0.05, 0.1) is 6.33 Å². The number of fused-ring (bicyclic) bond motifs is 1. The Morgan fingerprint density at radius 2 is 2.09 bits per heavy atom.